The molecule has 0 N–H and O–H groups in total. The van der Waals surface area contributed by atoms with Crippen LogP contribution in [0.5, 0.6) is 5.75 Å². The molecule has 9 nitrogen and oxygen atoms in total. The average Bonchev–Trinajstić information content (AvgIpc) is 3.40. The maximum Gasteiger partial charge on any atom is 0.406 e. The number of benzene rings is 1. The third-order valence-corrected chi connectivity index (χ3v) is 6.24. The second kappa shape index (κ2) is 9.57. The molecule has 1 aromatic carbocycles. The van der Waals surface area contributed by atoms with Gasteiger partial charge in [-0.1, -0.05) is 0 Å². The highest BCUT2D eigenvalue weighted by Crippen LogP contribution is 2.33. The molecule has 5 rings (SSSR count). The van der Waals surface area contributed by atoms with E-state index in [0.29, 0.717) is 27.7 Å². The van der Waals surface area contributed by atoms with Crippen LogP contribution in [0.2, 0.25) is 0 Å². The van der Waals surface area contributed by atoms with Crippen molar-refractivity contribution in [2.45, 2.75) is 32.4 Å². The van der Waals surface area contributed by atoms with Gasteiger partial charge in [-0.3, -0.25) is 9.36 Å². The molecule has 0 spiro atoms. The third-order valence-electron chi connectivity index (χ3n) is 5.81. The molecule has 0 unspecified atom stereocenters. The Morgan fingerprint density at radius 3 is 2.83 bits per heavy atom. The van der Waals surface area contributed by atoms with Crippen LogP contribution in [0.4, 0.5) is 10.2 Å². The summed E-state index contributed by atoms with van der Waals surface area (Å²) >= 11 is 3.25. The minimum atomic E-state index is -0.617. The van der Waals surface area contributed by atoms with Gasteiger partial charge in [0.2, 0.25) is 5.75 Å². The smallest absolute Gasteiger partial charge is 0.406 e. The Hall–Kier alpha value is -3.60. The van der Waals surface area contributed by atoms with Gasteiger partial charge in [0, 0.05) is 55.2 Å². The molecule has 1 aliphatic rings. The summed E-state index contributed by atoms with van der Waals surface area (Å²) in [6, 6.07) is 5.85. The highest BCUT2D eigenvalue weighted by molar-refractivity contribution is 9.10. The lowest BCUT2D eigenvalue weighted by Gasteiger charge is -2.11. The first kappa shape index (κ1) is 23.2. The lowest BCUT2D eigenvalue weighted by molar-refractivity contribution is -0.390. The van der Waals surface area contributed by atoms with Crippen molar-refractivity contribution in [2.24, 2.45) is 13.0 Å². The number of hydrogen-bond acceptors (Lipinski definition) is 6. The van der Waals surface area contributed by atoms with E-state index >= 15 is 0 Å². The molecule has 0 radical (unpaired) electrons. The summed E-state index contributed by atoms with van der Waals surface area (Å²) in [5.41, 5.74) is 3.93. The maximum absolute atomic E-state index is 14.2. The zero-order chi connectivity index (χ0) is 24.5. The van der Waals surface area contributed by atoms with E-state index in [9.17, 15) is 14.5 Å². The van der Waals surface area contributed by atoms with Gasteiger partial charge in [-0.15, -0.1) is 0 Å². The quantitative estimate of drug-likeness (QED) is 0.217. The number of rotatable bonds is 9. The van der Waals surface area contributed by atoms with Crippen LogP contribution in [0.1, 0.15) is 29.5 Å². The molecule has 0 bridgehead atoms. The van der Waals surface area contributed by atoms with Gasteiger partial charge >= 0.3 is 5.82 Å². The SMILES string of the molecule is Cn1cc(Cc2cnn(CC3CC3)c2)c(-c2ccc(F)cc2COc2cc(Br)cnc2[N+](=O)[O-])n1. The molecule has 0 atom stereocenters. The summed E-state index contributed by atoms with van der Waals surface area (Å²) in [6.45, 7) is 0.845. The van der Waals surface area contributed by atoms with Gasteiger partial charge in [-0.2, -0.15) is 10.2 Å². The standard InChI is InChI=1S/C24H22BrFN6O3/c1-30-13-17(6-16-9-28-31(12-16)11-15-2-3-15)23(29-30)21-5-4-20(26)7-18(21)14-35-22-8-19(25)10-27-24(22)32(33)34/h4-5,7-10,12-13,15H,2-3,6,11,14H2,1H3. The highest BCUT2D eigenvalue weighted by atomic mass is 79.9. The second-order valence-corrected chi connectivity index (χ2v) is 9.61. The molecule has 0 amide bonds. The van der Waals surface area contributed by atoms with Gasteiger partial charge < -0.3 is 14.9 Å². The fourth-order valence-electron chi connectivity index (χ4n) is 4.00. The van der Waals surface area contributed by atoms with E-state index in [2.05, 4.69) is 37.3 Å². The van der Waals surface area contributed by atoms with E-state index in [1.807, 2.05) is 24.1 Å². The molecule has 1 fully saturated rings. The van der Waals surface area contributed by atoms with E-state index in [0.717, 1.165) is 23.6 Å². The van der Waals surface area contributed by atoms with Crippen molar-refractivity contribution >= 4 is 21.7 Å². The molecule has 35 heavy (non-hydrogen) atoms. The van der Waals surface area contributed by atoms with Crippen molar-refractivity contribution < 1.29 is 14.1 Å². The van der Waals surface area contributed by atoms with Gasteiger partial charge in [-0.25, -0.2) is 4.39 Å². The van der Waals surface area contributed by atoms with Crippen molar-refractivity contribution in [3.05, 3.63) is 86.1 Å². The minimum Gasteiger partial charge on any atom is -0.481 e. The molecule has 4 aromatic rings. The second-order valence-electron chi connectivity index (χ2n) is 8.69. The van der Waals surface area contributed by atoms with Gasteiger partial charge in [0.05, 0.1) is 16.4 Å². The first-order valence-electron chi connectivity index (χ1n) is 11.1. The highest BCUT2D eigenvalue weighted by Gasteiger charge is 2.23. The summed E-state index contributed by atoms with van der Waals surface area (Å²) in [7, 11) is 1.83. The molecular formula is C24H22BrFN6O3. The molecule has 0 aliphatic heterocycles. The lowest BCUT2D eigenvalue weighted by atomic mass is 9.99. The summed E-state index contributed by atoms with van der Waals surface area (Å²) in [5.74, 6) is -0.125. The predicted molar refractivity (Wildman–Crippen MR) is 129 cm³/mol. The van der Waals surface area contributed by atoms with Gasteiger partial charge in [0.25, 0.3) is 0 Å². The first-order valence-corrected chi connectivity index (χ1v) is 11.9. The number of aryl methyl sites for hydroxylation is 1. The summed E-state index contributed by atoms with van der Waals surface area (Å²) in [4.78, 5) is 14.5. The van der Waals surface area contributed by atoms with Crippen LogP contribution in [-0.4, -0.2) is 29.5 Å². The normalized spacial score (nSPS) is 13.2. The monoisotopic (exact) mass is 540 g/mol. The van der Waals surface area contributed by atoms with E-state index in [1.54, 1.807) is 10.7 Å². The lowest BCUT2D eigenvalue weighted by Crippen LogP contribution is -2.03. The molecular weight excluding hydrogens is 519 g/mol. The molecule has 1 aliphatic carbocycles. The van der Waals surface area contributed by atoms with Crippen molar-refractivity contribution in [3.8, 4) is 17.0 Å². The van der Waals surface area contributed by atoms with Crippen molar-refractivity contribution in [3.63, 3.8) is 0 Å². The predicted octanol–water partition coefficient (Wildman–Crippen LogP) is 5.07. The molecule has 0 saturated heterocycles. The fourth-order valence-corrected chi connectivity index (χ4v) is 4.31. The van der Waals surface area contributed by atoms with Crippen LogP contribution in [0.3, 0.4) is 0 Å². The Morgan fingerprint density at radius 1 is 1.23 bits per heavy atom. The Morgan fingerprint density at radius 2 is 2.06 bits per heavy atom. The first-order chi connectivity index (χ1) is 16.9. The topological polar surface area (TPSA) is 101 Å². The van der Waals surface area contributed by atoms with E-state index in [1.165, 1.54) is 37.2 Å². The van der Waals surface area contributed by atoms with Crippen LogP contribution in [0.25, 0.3) is 11.3 Å². The number of nitrogens with zero attached hydrogens (tertiary/aromatic N) is 6. The van der Waals surface area contributed by atoms with Crippen molar-refractivity contribution in [2.75, 3.05) is 0 Å². The van der Waals surface area contributed by atoms with Gasteiger partial charge in [-0.05, 0) is 68.4 Å². The fraction of sp³-hybridized carbons (Fsp3) is 0.292. The van der Waals surface area contributed by atoms with Gasteiger partial charge in [0.15, 0.2) is 6.20 Å². The Balaban J connectivity index is 1.43. The Kier molecular flexibility index (Phi) is 6.33. The van der Waals surface area contributed by atoms with Crippen LogP contribution >= 0.6 is 15.9 Å². The average molecular weight is 541 g/mol. The minimum absolute atomic E-state index is 0.0103. The zero-order valence-electron chi connectivity index (χ0n) is 18.9. The third kappa shape index (κ3) is 5.40. The van der Waals surface area contributed by atoms with Crippen molar-refractivity contribution in [1.82, 2.24) is 24.5 Å². The van der Waals surface area contributed by atoms with E-state index < -0.39 is 16.6 Å². The summed E-state index contributed by atoms with van der Waals surface area (Å²) in [6.07, 6.45) is 10.3. The van der Waals surface area contributed by atoms with Crippen molar-refractivity contribution in [1.29, 1.82) is 0 Å². The van der Waals surface area contributed by atoms with E-state index in [4.69, 9.17) is 4.74 Å². The summed E-state index contributed by atoms with van der Waals surface area (Å²) < 4.78 is 24.2. The summed E-state index contributed by atoms with van der Waals surface area (Å²) in [5, 5.41) is 20.4. The maximum atomic E-state index is 14.2. The van der Waals surface area contributed by atoms with Crippen LogP contribution in [-0.2, 0) is 26.6 Å². The molecule has 3 heterocycles. The van der Waals surface area contributed by atoms with E-state index in [-0.39, 0.29) is 12.4 Å². The zero-order valence-corrected chi connectivity index (χ0v) is 20.5. The largest absolute Gasteiger partial charge is 0.481 e. The molecule has 11 heteroatoms. The number of hydrogen-bond donors (Lipinski definition) is 0. The molecule has 1 saturated carbocycles. The number of ether oxygens (including phenoxy) is 1. The van der Waals surface area contributed by atoms with Crippen LogP contribution < -0.4 is 4.74 Å². The molecule has 3 aromatic heterocycles. The Labute approximate surface area is 208 Å². The number of halogens is 2. The van der Waals surface area contributed by atoms with Crippen LogP contribution in [0.15, 0.2) is 53.5 Å². The Bertz CT molecular complexity index is 1400. The van der Waals surface area contributed by atoms with Gasteiger partial charge in [0.1, 0.15) is 12.4 Å². The number of aromatic nitrogens is 5. The number of nitro groups is 1. The molecule has 180 valence electrons. The number of pyridine rings is 1. The van der Waals surface area contributed by atoms with Crippen LogP contribution in [0, 0.1) is 21.8 Å².